The highest BCUT2D eigenvalue weighted by atomic mass is 16.2. The van der Waals surface area contributed by atoms with Crippen molar-refractivity contribution < 1.29 is 4.79 Å². The molecule has 1 aromatic rings. The van der Waals surface area contributed by atoms with Gasteiger partial charge in [-0.15, -0.1) is 0 Å². The largest absolute Gasteiger partial charge is 0.348 e. The Morgan fingerprint density at radius 2 is 1.82 bits per heavy atom. The van der Waals surface area contributed by atoms with Gasteiger partial charge in [-0.25, -0.2) is 0 Å². The average molecular weight is 234 g/mol. The zero-order valence-corrected chi connectivity index (χ0v) is 10.9. The van der Waals surface area contributed by atoms with Crippen molar-refractivity contribution in [1.29, 1.82) is 0 Å². The third-order valence-corrected chi connectivity index (χ3v) is 3.36. The van der Waals surface area contributed by atoms with Crippen LogP contribution >= 0.6 is 0 Å². The number of hydrogen-bond acceptors (Lipinski definition) is 2. The SMILES string of the molecule is CCC(N)(CC)C(=O)N[C@H](C)c1ccccc1. The van der Waals surface area contributed by atoms with Crippen LogP contribution in [-0.4, -0.2) is 11.4 Å². The predicted molar refractivity (Wildman–Crippen MR) is 70.5 cm³/mol. The van der Waals surface area contributed by atoms with Crippen molar-refractivity contribution in [2.45, 2.75) is 45.2 Å². The zero-order chi connectivity index (χ0) is 12.9. The third kappa shape index (κ3) is 3.30. The molecule has 0 saturated heterocycles. The molecule has 94 valence electrons. The van der Waals surface area contributed by atoms with Crippen molar-refractivity contribution in [2.75, 3.05) is 0 Å². The first-order chi connectivity index (χ1) is 8.03. The molecule has 1 aromatic carbocycles. The lowest BCUT2D eigenvalue weighted by atomic mass is 9.92. The van der Waals surface area contributed by atoms with Gasteiger partial charge in [-0.3, -0.25) is 4.79 Å². The van der Waals surface area contributed by atoms with Crippen LogP contribution in [-0.2, 0) is 4.79 Å². The predicted octanol–water partition coefficient (Wildman–Crippen LogP) is 2.38. The monoisotopic (exact) mass is 234 g/mol. The van der Waals surface area contributed by atoms with Gasteiger partial charge in [0.2, 0.25) is 5.91 Å². The minimum Gasteiger partial charge on any atom is -0.348 e. The minimum atomic E-state index is -0.747. The molecule has 0 aliphatic rings. The maximum atomic E-state index is 12.1. The molecule has 1 atom stereocenters. The van der Waals surface area contributed by atoms with Crippen molar-refractivity contribution >= 4 is 5.91 Å². The molecule has 0 aliphatic carbocycles. The second kappa shape index (κ2) is 5.82. The molecule has 0 radical (unpaired) electrons. The molecule has 0 bridgehead atoms. The summed E-state index contributed by atoms with van der Waals surface area (Å²) >= 11 is 0. The van der Waals surface area contributed by atoms with E-state index >= 15 is 0 Å². The molecule has 3 N–H and O–H groups in total. The van der Waals surface area contributed by atoms with Gasteiger partial charge < -0.3 is 11.1 Å². The van der Waals surface area contributed by atoms with Gasteiger partial charge >= 0.3 is 0 Å². The Hall–Kier alpha value is -1.35. The summed E-state index contributed by atoms with van der Waals surface area (Å²) < 4.78 is 0. The summed E-state index contributed by atoms with van der Waals surface area (Å²) in [7, 11) is 0. The normalized spacial score (nSPS) is 13.2. The number of nitrogens with two attached hydrogens (primary N) is 1. The molecule has 0 spiro atoms. The number of amides is 1. The molecule has 17 heavy (non-hydrogen) atoms. The van der Waals surface area contributed by atoms with E-state index in [1.807, 2.05) is 51.1 Å². The fourth-order valence-electron chi connectivity index (χ4n) is 1.74. The molecular formula is C14H22N2O. The standard InChI is InChI=1S/C14H22N2O/c1-4-14(15,5-2)13(17)16-11(3)12-9-7-6-8-10-12/h6-11H,4-5,15H2,1-3H3,(H,16,17)/t11-/m1/s1. The first-order valence-electron chi connectivity index (χ1n) is 6.18. The number of carbonyl (C=O) groups excluding carboxylic acids is 1. The Morgan fingerprint density at radius 1 is 1.29 bits per heavy atom. The summed E-state index contributed by atoms with van der Waals surface area (Å²) in [5.41, 5.74) is 6.40. The number of carbonyl (C=O) groups is 1. The third-order valence-electron chi connectivity index (χ3n) is 3.36. The van der Waals surface area contributed by atoms with E-state index in [1.54, 1.807) is 0 Å². The van der Waals surface area contributed by atoms with Crippen LogP contribution < -0.4 is 11.1 Å². The van der Waals surface area contributed by atoms with E-state index in [1.165, 1.54) is 0 Å². The lowest BCUT2D eigenvalue weighted by Gasteiger charge is -2.27. The van der Waals surface area contributed by atoms with Crippen LogP contribution in [0.4, 0.5) is 0 Å². The summed E-state index contributed by atoms with van der Waals surface area (Å²) in [6, 6.07) is 9.89. The van der Waals surface area contributed by atoms with E-state index in [2.05, 4.69) is 5.32 Å². The molecule has 0 heterocycles. The number of benzene rings is 1. The van der Waals surface area contributed by atoms with Crippen LogP contribution in [0.5, 0.6) is 0 Å². The molecule has 0 aromatic heterocycles. The van der Waals surface area contributed by atoms with Gasteiger partial charge in [0.15, 0.2) is 0 Å². The maximum absolute atomic E-state index is 12.1. The highest BCUT2D eigenvalue weighted by Gasteiger charge is 2.30. The van der Waals surface area contributed by atoms with E-state index < -0.39 is 5.54 Å². The Kier molecular flexibility index (Phi) is 4.70. The smallest absolute Gasteiger partial charge is 0.240 e. The van der Waals surface area contributed by atoms with Gasteiger partial charge in [-0.2, -0.15) is 0 Å². The Bertz CT molecular complexity index is 358. The number of rotatable bonds is 5. The van der Waals surface area contributed by atoms with Crippen LogP contribution in [0.1, 0.15) is 45.2 Å². The lowest BCUT2D eigenvalue weighted by Crippen LogP contribution is -2.53. The summed E-state index contributed by atoms with van der Waals surface area (Å²) in [5.74, 6) is -0.0705. The maximum Gasteiger partial charge on any atom is 0.240 e. The van der Waals surface area contributed by atoms with Gasteiger partial charge in [0.1, 0.15) is 0 Å². The van der Waals surface area contributed by atoms with Crippen LogP contribution in [0.15, 0.2) is 30.3 Å². The molecule has 3 nitrogen and oxygen atoms in total. The number of nitrogens with one attached hydrogen (secondary N) is 1. The average Bonchev–Trinajstić information content (AvgIpc) is 2.38. The van der Waals surface area contributed by atoms with Crippen molar-refractivity contribution in [3.05, 3.63) is 35.9 Å². The van der Waals surface area contributed by atoms with Crippen LogP contribution in [0.3, 0.4) is 0 Å². The Labute approximate surface area is 103 Å². The zero-order valence-electron chi connectivity index (χ0n) is 10.9. The van der Waals surface area contributed by atoms with Crippen LogP contribution in [0.2, 0.25) is 0 Å². The van der Waals surface area contributed by atoms with Crippen LogP contribution in [0.25, 0.3) is 0 Å². The molecule has 0 saturated carbocycles. The second-order valence-electron chi connectivity index (χ2n) is 4.47. The van der Waals surface area contributed by atoms with Gasteiger partial charge in [-0.05, 0) is 25.3 Å². The first kappa shape index (κ1) is 13.7. The van der Waals surface area contributed by atoms with Gasteiger partial charge in [0.25, 0.3) is 0 Å². The summed E-state index contributed by atoms with van der Waals surface area (Å²) in [6.45, 7) is 5.85. The molecule has 1 rings (SSSR count). The van der Waals surface area contributed by atoms with E-state index in [9.17, 15) is 4.79 Å². The van der Waals surface area contributed by atoms with Crippen molar-refractivity contribution in [3.8, 4) is 0 Å². The molecule has 3 heteroatoms. The van der Waals surface area contributed by atoms with Crippen LogP contribution in [0, 0.1) is 0 Å². The summed E-state index contributed by atoms with van der Waals surface area (Å²) in [6.07, 6.45) is 1.30. The Morgan fingerprint density at radius 3 is 2.29 bits per heavy atom. The minimum absolute atomic E-state index is 0.00951. The number of hydrogen-bond donors (Lipinski definition) is 2. The van der Waals surface area contributed by atoms with E-state index in [0.717, 1.165) is 5.56 Å². The molecule has 0 fully saturated rings. The van der Waals surface area contributed by atoms with Crippen molar-refractivity contribution in [2.24, 2.45) is 5.73 Å². The van der Waals surface area contributed by atoms with Crippen molar-refractivity contribution in [1.82, 2.24) is 5.32 Å². The first-order valence-corrected chi connectivity index (χ1v) is 6.18. The lowest BCUT2D eigenvalue weighted by molar-refractivity contribution is -0.127. The van der Waals surface area contributed by atoms with E-state index in [4.69, 9.17) is 5.73 Å². The summed E-state index contributed by atoms with van der Waals surface area (Å²) in [5, 5.41) is 2.97. The highest BCUT2D eigenvalue weighted by Crippen LogP contribution is 2.16. The molecule has 0 aliphatic heterocycles. The van der Waals surface area contributed by atoms with Crippen molar-refractivity contribution in [3.63, 3.8) is 0 Å². The molecular weight excluding hydrogens is 212 g/mol. The fraction of sp³-hybridized carbons (Fsp3) is 0.500. The van der Waals surface area contributed by atoms with Gasteiger partial charge in [0, 0.05) is 0 Å². The van der Waals surface area contributed by atoms with Gasteiger partial charge in [-0.1, -0.05) is 44.2 Å². The van der Waals surface area contributed by atoms with Gasteiger partial charge in [0.05, 0.1) is 11.6 Å². The Balaban J connectivity index is 2.69. The van der Waals surface area contributed by atoms with E-state index in [0.29, 0.717) is 12.8 Å². The van der Waals surface area contributed by atoms with E-state index in [-0.39, 0.29) is 11.9 Å². The fourth-order valence-corrected chi connectivity index (χ4v) is 1.74. The highest BCUT2D eigenvalue weighted by molar-refractivity contribution is 5.86. The summed E-state index contributed by atoms with van der Waals surface area (Å²) in [4.78, 5) is 12.1. The molecule has 0 unspecified atom stereocenters. The quantitative estimate of drug-likeness (QED) is 0.822. The second-order valence-corrected chi connectivity index (χ2v) is 4.47. The topological polar surface area (TPSA) is 55.1 Å². The molecule has 1 amide bonds.